The van der Waals surface area contributed by atoms with Gasteiger partial charge in [-0.2, -0.15) is 0 Å². The fourth-order valence-corrected chi connectivity index (χ4v) is 2.84. The first-order valence-corrected chi connectivity index (χ1v) is 6.32. The quantitative estimate of drug-likeness (QED) is 0.805. The van der Waals surface area contributed by atoms with Gasteiger partial charge < -0.3 is 9.15 Å². The van der Waals surface area contributed by atoms with Gasteiger partial charge in [0.05, 0.1) is 17.1 Å². The number of Topliss-reactive ketones (excluding diaryl/α,β-unsaturated/α-hetero) is 1. The molecule has 1 aliphatic carbocycles. The first-order chi connectivity index (χ1) is 8.20. The Balaban J connectivity index is 2.36. The van der Waals surface area contributed by atoms with E-state index in [9.17, 15) is 4.79 Å². The van der Waals surface area contributed by atoms with E-state index in [0.29, 0.717) is 6.42 Å². The molecule has 0 saturated carbocycles. The maximum atomic E-state index is 12.0. The normalized spacial score (nSPS) is 15.1. The van der Waals surface area contributed by atoms with Gasteiger partial charge in [-0.05, 0) is 34.5 Å². The van der Waals surface area contributed by atoms with E-state index in [0.717, 1.165) is 45.4 Å². The molecule has 0 radical (unpaired) electrons. The topological polar surface area (TPSA) is 39.4 Å². The van der Waals surface area contributed by atoms with Gasteiger partial charge in [0.15, 0.2) is 5.78 Å². The Morgan fingerprint density at radius 3 is 2.94 bits per heavy atom. The minimum atomic E-state index is 0.171. The number of benzene rings is 1. The Morgan fingerprint density at radius 2 is 2.18 bits per heavy atom. The fraction of sp³-hybridized carbons (Fsp3) is 0.308. The summed E-state index contributed by atoms with van der Waals surface area (Å²) in [5.74, 6) is 1.71. The summed E-state index contributed by atoms with van der Waals surface area (Å²) < 4.78 is 11.8. The van der Waals surface area contributed by atoms with Gasteiger partial charge in [-0.3, -0.25) is 4.79 Å². The standard InChI is InChI=1S/C13H11BrO3/c1-16-7-5-8-12-10(15)3-2-4-11(12)17-13(8)9(14)6-7/h5-6H,2-4H2,1H3. The van der Waals surface area contributed by atoms with E-state index in [1.165, 1.54) is 0 Å². The van der Waals surface area contributed by atoms with Crippen molar-refractivity contribution in [3.05, 3.63) is 27.9 Å². The zero-order valence-corrected chi connectivity index (χ0v) is 11.0. The number of halogens is 1. The van der Waals surface area contributed by atoms with Crippen molar-refractivity contribution >= 4 is 32.7 Å². The number of aryl methyl sites for hydroxylation is 1. The van der Waals surface area contributed by atoms with E-state index in [-0.39, 0.29) is 5.78 Å². The molecule has 1 aromatic carbocycles. The summed E-state index contributed by atoms with van der Waals surface area (Å²) in [7, 11) is 1.61. The molecule has 0 fully saturated rings. The Hall–Kier alpha value is -1.29. The minimum Gasteiger partial charge on any atom is -0.497 e. The molecule has 17 heavy (non-hydrogen) atoms. The van der Waals surface area contributed by atoms with Crippen LogP contribution in [0.2, 0.25) is 0 Å². The van der Waals surface area contributed by atoms with Crippen molar-refractivity contribution in [3.8, 4) is 5.75 Å². The number of fused-ring (bicyclic) bond motifs is 3. The van der Waals surface area contributed by atoms with E-state index >= 15 is 0 Å². The number of furan rings is 1. The van der Waals surface area contributed by atoms with Crippen molar-refractivity contribution < 1.29 is 13.9 Å². The Morgan fingerprint density at radius 1 is 1.35 bits per heavy atom. The summed E-state index contributed by atoms with van der Waals surface area (Å²) in [6.07, 6.45) is 2.32. The second-order valence-corrected chi connectivity index (χ2v) is 5.02. The summed E-state index contributed by atoms with van der Waals surface area (Å²) in [6, 6.07) is 3.72. The zero-order chi connectivity index (χ0) is 12.0. The summed E-state index contributed by atoms with van der Waals surface area (Å²) in [4.78, 5) is 12.0. The maximum Gasteiger partial charge on any atom is 0.167 e. The van der Waals surface area contributed by atoms with Crippen LogP contribution >= 0.6 is 15.9 Å². The molecule has 0 N–H and O–H groups in total. The lowest BCUT2D eigenvalue weighted by Crippen LogP contribution is -2.08. The largest absolute Gasteiger partial charge is 0.497 e. The predicted molar refractivity (Wildman–Crippen MR) is 67.7 cm³/mol. The molecule has 0 unspecified atom stereocenters. The summed E-state index contributed by atoms with van der Waals surface area (Å²) in [5.41, 5.74) is 1.48. The van der Waals surface area contributed by atoms with Crippen LogP contribution in [0.1, 0.15) is 29.0 Å². The number of hydrogen-bond donors (Lipinski definition) is 0. The van der Waals surface area contributed by atoms with Crippen molar-refractivity contribution in [2.45, 2.75) is 19.3 Å². The van der Waals surface area contributed by atoms with Crippen LogP contribution in [0.25, 0.3) is 11.0 Å². The molecular formula is C13H11BrO3. The van der Waals surface area contributed by atoms with Crippen LogP contribution in [0.15, 0.2) is 21.0 Å². The van der Waals surface area contributed by atoms with Gasteiger partial charge in [0.2, 0.25) is 0 Å². The van der Waals surface area contributed by atoms with Crippen molar-refractivity contribution in [2.24, 2.45) is 0 Å². The van der Waals surface area contributed by atoms with Gasteiger partial charge >= 0.3 is 0 Å². The van der Waals surface area contributed by atoms with Crippen LogP contribution in [0.3, 0.4) is 0 Å². The van der Waals surface area contributed by atoms with Gasteiger partial charge in [0, 0.05) is 18.2 Å². The smallest absolute Gasteiger partial charge is 0.167 e. The fourth-order valence-electron chi connectivity index (χ4n) is 2.32. The molecule has 4 heteroatoms. The lowest BCUT2D eigenvalue weighted by Gasteiger charge is -2.07. The molecule has 0 saturated heterocycles. The van der Waals surface area contributed by atoms with Crippen LogP contribution in [-0.2, 0) is 6.42 Å². The average Bonchev–Trinajstić information content (AvgIpc) is 2.69. The Labute approximate surface area is 107 Å². The predicted octanol–water partition coefficient (Wildman–Crippen LogP) is 3.72. The third-order valence-corrected chi connectivity index (χ3v) is 3.70. The Bertz CT molecular complexity index is 613. The van der Waals surface area contributed by atoms with Crippen LogP contribution in [-0.4, -0.2) is 12.9 Å². The number of rotatable bonds is 1. The minimum absolute atomic E-state index is 0.171. The number of carbonyl (C=O) groups is 1. The van der Waals surface area contributed by atoms with Gasteiger partial charge in [0.25, 0.3) is 0 Å². The van der Waals surface area contributed by atoms with Crippen LogP contribution in [0.5, 0.6) is 5.75 Å². The molecule has 1 heterocycles. The lowest BCUT2D eigenvalue weighted by molar-refractivity contribution is 0.0971. The monoisotopic (exact) mass is 294 g/mol. The van der Waals surface area contributed by atoms with Crippen molar-refractivity contribution in [1.82, 2.24) is 0 Å². The van der Waals surface area contributed by atoms with E-state index in [1.54, 1.807) is 7.11 Å². The molecule has 0 aliphatic heterocycles. The molecule has 0 amide bonds. The van der Waals surface area contributed by atoms with Gasteiger partial charge in [0.1, 0.15) is 17.1 Å². The number of carbonyl (C=O) groups excluding carboxylic acids is 1. The molecule has 88 valence electrons. The van der Waals surface area contributed by atoms with Gasteiger partial charge in [-0.1, -0.05) is 0 Å². The second kappa shape index (κ2) is 3.88. The van der Waals surface area contributed by atoms with Gasteiger partial charge in [-0.15, -0.1) is 0 Å². The van der Waals surface area contributed by atoms with Crippen molar-refractivity contribution in [2.75, 3.05) is 7.11 Å². The lowest BCUT2D eigenvalue weighted by atomic mass is 9.95. The van der Waals surface area contributed by atoms with E-state index in [1.807, 2.05) is 12.1 Å². The van der Waals surface area contributed by atoms with E-state index in [4.69, 9.17) is 9.15 Å². The number of ketones is 1. The molecule has 1 aromatic heterocycles. The third kappa shape index (κ3) is 1.59. The SMILES string of the molecule is COc1cc(Br)c2oc3c(c2c1)C(=O)CCC3. The molecule has 0 atom stereocenters. The van der Waals surface area contributed by atoms with Crippen molar-refractivity contribution in [1.29, 1.82) is 0 Å². The summed E-state index contributed by atoms with van der Waals surface area (Å²) in [5, 5.41) is 0.857. The molecule has 2 aromatic rings. The van der Waals surface area contributed by atoms with Gasteiger partial charge in [-0.25, -0.2) is 0 Å². The van der Waals surface area contributed by atoms with E-state index in [2.05, 4.69) is 15.9 Å². The summed E-state index contributed by atoms with van der Waals surface area (Å²) >= 11 is 3.45. The number of methoxy groups -OCH3 is 1. The first kappa shape index (κ1) is 10.8. The van der Waals surface area contributed by atoms with Crippen molar-refractivity contribution in [3.63, 3.8) is 0 Å². The Kier molecular flexibility index (Phi) is 2.47. The zero-order valence-electron chi connectivity index (χ0n) is 9.38. The van der Waals surface area contributed by atoms with Crippen LogP contribution < -0.4 is 4.74 Å². The second-order valence-electron chi connectivity index (χ2n) is 4.16. The van der Waals surface area contributed by atoms with Crippen LogP contribution in [0.4, 0.5) is 0 Å². The molecule has 0 spiro atoms. The molecular weight excluding hydrogens is 284 g/mol. The molecule has 3 nitrogen and oxygen atoms in total. The van der Waals surface area contributed by atoms with Crippen LogP contribution in [0, 0.1) is 0 Å². The summed E-state index contributed by atoms with van der Waals surface area (Å²) in [6.45, 7) is 0. The highest BCUT2D eigenvalue weighted by atomic mass is 79.9. The molecule has 1 aliphatic rings. The number of ether oxygens (including phenoxy) is 1. The highest BCUT2D eigenvalue weighted by Crippen LogP contribution is 2.38. The number of hydrogen-bond acceptors (Lipinski definition) is 3. The average molecular weight is 295 g/mol. The maximum absolute atomic E-state index is 12.0. The van der Waals surface area contributed by atoms with E-state index < -0.39 is 0 Å². The molecule has 0 bridgehead atoms. The highest BCUT2D eigenvalue weighted by Gasteiger charge is 2.25. The molecule has 3 rings (SSSR count). The third-order valence-electron chi connectivity index (χ3n) is 3.11. The first-order valence-electron chi connectivity index (χ1n) is 5.53. The highest BCUT2D eigenvalue weighted by molar-refractivity contribution is 9.10.